The Balaban J connectivity index is 2.54. The highest BCUT2D eigenvalue weighted by Crippen LogP contribution is 2.40. The number of carbonyl (C=O) groups excluding carboxylic acids is 2. The van der Waals surface area contributed by atoms with Gasteiger partial charge in [0.05, 0.1) is 12.7 Å². The third-order valence-corrected chi connectivity index (χ3v) is 2.34. The first-order chi connectivity index (χ1) is 6.66. The Morgan fingerprint density at radius 1 is 1.50 bits per heavy atom. The van der Waals surface area contributed by atoms with Crippen LogP contribution in [0.3, 0.4) is 0 Å². The molecule has 0 heterocycles. The van der Waals surface area contributed by atoms with E-state index in [1.54, 1.807) is 12.1 Å². The fourth-order valence-electron chi connectivity index (χ4n) is 1.64. The molecule has 1 unspecified atom stereocenters. The highest BCUT2D eigenvalue weighted by atomic mass is 16.5. The van der Waals surface area contributed by atoms with Crippen molar-refractivity contribution in [2.24, 2.45) is 0 Å². The number of aromatic hydroxyl groups is 1. The molecule has 1 aromatic rings. The molecule has 14 heavy (non-hydrogen) atoms. The van der Waals surface area contributed by atoms with Gasteiger partial charge >= 0.3 is 5.97 Å². The molecule has 2 rings (SSSR count). The molecule has 0 spiro atoms. The number of hydrogen-bond acceptors (Lipinski definition) is 4. The molecule has 1 N–H and O–H groups in total. The lowest BCUT2D eigenvalue weighted by Gasteiger charge is -2.05. The van der Waals surface area contributed by atoms with E-state index in [-0.39, 0.29) is 11.3 Å². The molecule has 0 amide bonds. The van der Waals surface area contributed by atoms with Crippen molar-refractivity contribution in [3.05, 3.63) is 29.3 Å². The number of phenolic OH excluding ortho intramolecular Hbond substituents is 1. The van der Waals surface area contributed by atoms with Gasteiger partial charge in [-0.3, -0.25) is 9.59 Å². The lowest BCUT2D eigenvalue weighted by atomic mass is 10.0. The minimum absolute atomic E-state index is 0.104. The maximum atomic E-state index is 11.6. The highest BCUT2D eigenvalue weighted by Gasteiger charge is 2.40. The van der Waals surface area contributed by atoms with Gasteiger partial charge in [-0.2, -0.15) is 0 Å². The van der Waals surface area contributed by atoms with Gasteiger partial charge in [-0.1, -0.05) is 12.1 Å². The van der Waals surface area contributed by atoms with Gasteiger partial charge in [0.2, 0.25) is 0 Å². The number of carbonyl (C=O) groups is 2. The zero-order valence-corrected chi connectivity index (χ0v) is 7.48. The summed E-state index contributed by atoms with van der Waals surface area (Å²) in [5, 5.41) is 9.53. The largest absolute Gasteiger partial charge is 0.507 e. The van der Waals surface area contributed by atoms with Crippen molar-refractivity contribution >= 4 is 11.8 Å². The fourth-order valence-corrected chi connectivity index (χ4v) is 1.64. The molecule has 1 aliphatic rings. The number of ether oxygens (including phenoxy) is 1. The van der Waals surface area contributed by atoms with Gasteiger partial charge in [0.25, 0.3) is 0 Å². The number of hydrogen-bond donors (Lipinski definition) is 1. The van der Waals surface area contributed by atoms with Gasteiger partial charge < -0.3 is 9.84 Å². The van der Waals surface area contributed by atoms with Crippen LogP contribution in [0.5, 0.6) is 5.75 Å². The molecule has 4 heteroatoms. The first-order valence-corrected chi connectivity index (χ1v) is 4.10. The quantitative estimate of drug-likeness (QED) is 0.529. The molecule has 1 aliphatic carbocycles. The summed E-state index contributed by atoms with van der Waals surface area (Å²) < 4.78 is 4.49. The molecule has 0 radical (unpaired) electrons. The zero-order valence-electron chi connectivity index (χ0n) is 7.48. The standard InChI is InChI=1S/C10H8O4/c1-14-10(13)7-5-3-2-4-6(8(5)11)9(7)12/h2-4,7,11H,1H3. The summed E-state index contributed by atoms with van der Waals surface area (Å²) in [6, 6.07) is 4.67. The number of esters is 1. The van der Waals surface area contributed by atoms with Crippen LogP contribution in [0.15, 0.2) is 18.2 Å². The predicted octanol–water partition coefficient (Wildman–Crippen LogP) is 0.845. The summed E-state index contributed by atoms with van der Waals surface area (Å²) in [6.07, 6.45) is 0. The average Bonchev–Trinajstić information content (AvgIpc) is 2.37. The second kappa shape index (κ2) is 2.83. The number of Topliss-reactive ketones (excluding diaryl/α,β-unsaturated/α-hetero) is 1. The normalized spacial score (nSPS) is 18.4. The van der Waals surface area contributed by atoms with Crippen molar-refractivity contribution in [1.82, 2.24) is 0 Å². The molecule has 4 nitrogen and oxygen atoms in total. The van der Waals surface area contributed by atoms with E-state index < -0.39 is 17.7 Å². The van der Waals surface area contributed by atoms with Crippen molar-refractivity contribution in [2.75, 3.05) is 7.11 Å². The van der Waals surface area contributed by atoms with E-state index in [1.165, 1.54) is 13.2 Å². The summed E-state index contributed by atoms with van der Waals surface area (Å²) >= 11 is 0. The first kappa shape index (κ1) is 8.74. The van der Waals surface area contributed by atoms with E-state index in [2.05, 4.69) is 4.74 Å². The van der Waals surface area contributed by atoms with Gasteiger partial charge in [0.1, 0.15) is 11.7 Å². The molecule has 0 saturated carbocycles. The summed E-state index contributed by atoms with van der Waals surface area (Å²) in [5.41, 5.74) is 0.525. The number of fused-ring (bicyclic) bond motifs is 2. The van der Waals surface area contributed by atoms with Crippen LogP contribution < -0.4 is 0 Å². The number of para-hydroxylation sites is 1. The maximum absolute atomic E-state index is 11.6. The Labute approximate surface area is 80.1 Å². The Kier molecular flexibility index (Phi) is 1.77. The molecule has 2 bridgehead atoms. The van der Waals surface area contributed by atoms with Crippen LogP contribution in [0.2, 0.25) is 0 Å². The molecule has 0 aromatic heterocycles. The number of ketones is 1. The Hall–Kier alpha value is -1.84. The lowest BCUT2D eigenvalue weighted by molar-refractivity contribution is -0.141. The van der Waals surface area contributed by atoms with Crippen molar-refractivity contribution in [1.29, 1.82) is 0 Å². The fraction of sp³-hybridized carbons (Fsp3) is 0.200. The molecule has 0 aliphatic heterocycles. The van der Waals surface area contributed by atoms with Gasteiger partial charge in [-0.25, -0.2) is 0 Å². The predicted molar refractivity (Wildman–Crippen MR) is 47.2 cm³/mol. The van der Waals surface area contributed by atoms with Gasteiger partial charge in [0, 0.05) is 5.56 Å². The SMILES string of the molecule is COC(=O)C1C(=O)c2cccc1c2O. The third kappa shape index (κ3) is 0.937. The van der Waals surface area contributed by atoms with E-state index in [4.69, 9.17) is 0 Å². The lowest BCUT2D eigenvalue weighted by Crippen LogP contribution is -2.18. The zero-order chi connectivity index (χ0) is 10.3. The van der Waals surface area contributed by atoms with Crippen LogP contribution in [0.4, 0.5) is 0 Å². The smallest absolute Gasteiger partial charge is 0.321 e. The number of phenols is 1. The summed E-state index contributed by atoms with van der Waals surface area (Å²) in [7, 11) is 1.22. The summed E-state index contributed by atoms with van der Waals surface area (Å²) in [5.74, 6) is -2.11. The number of rotatable bonds is 1. The topological polar surface area (TPSA) is 63.6 Å². The average molecular weight is 192 g/mol. The molecule has 0 saturated heterocycles. The molecule has 0 fully saturated rings. The summed E-state index contributed by atoms with van der Waals surface area (Å²) in [4.78, 5) is 22.9. The monoisotopic (exact) mass is 192 g/mol. The van der Waals surface area contributed by atoms with Crippen LogP contribution in [0.1, 0.15) is 21.8 Å². The highest BCUT2D eigenvalue weighted by molar-refractivity contribution is 6.18. The van der Waals surface area contributed by atoms with Gasteiger partial charge in [-0.05, 0) is 6.07 Å². The molecular weight excluding hydrogens is 184 g/mol. The van der Waals surface area contributed by atoms with E-state index in [9.17, 15) is 14.7 Å². The van der Waals surface area contributed by atoms with Gasteiger partial charge in [-0.15, -0.1) is 0 Å². The van der Waals surface area contributed by atoms with E-state index in [1.807, 2.05) is 0 Å². The van der Waals surface area contributed by atoms with Crippen molar-refractivity contribution < 1.29 is 19.4 Å². The first-order valence-electron chi connectivity index (χ1n) is 4.10. The second-order valence-electron chi connectivity index (χ2n) is 3.06. The van der Waals surface area contributed by atoms with Crippen LogP contribution >= 0.6 is 0 Å². The summed E-state index contributed by atoms with van der Waals surface area (Å²) in [6.45, 7) is 0. The van der Waals surface area contributed by atoms with Crippen molar-refractivity contribution in [2.45, 2.75) is 5.92 Å². The Bertz CT molecular complexity index is 422. The van der Waals surface area contributed by atoms with Gasteiger partial charge in [0.15, 0.2) is 5.78 Å². The van der Waals surface area contributed by atoms with Crippen molar-refractivity contribution in [3.63, 3.8) is 0 Å². The Morgan fingerprint density at radius 3 is 2.79 bits per heavy atom. The number of methoxy groups -OCH3 is 1. The van der Waals surface area contributed by atoms with Crippen LogP contribution in [-0.4, -0.2) is 24.0 Å². The van der Waals surface area contributed by atoms with Crippen LogP contribution in [-0.2, 0) is 9.53 Å². The third-order valence-electron chi connectivity index (χ3n) is 2.34. The second-order valence-corrected chi connectivity index (χ2v) is 3.06. The van der Waals surface area contributed by atoms with Crippen molar-refractivity contribution in [3.8, 4) is 5.75 Å². The van der Waals surface area contributed by atoms with Crippen LogP contribution in [0, 0.1) is 0 Å². The molecule has 72 valence electrons. The van der Waals surface area contributed by atoms with E-state index in [0.717, 1.165) is 0 Å². The van der Waals surface area contributed by atoms with E-state index >= 15 is 0 Å². The molecule has 1 aromatic carbocycles. The minimum atomic E-state index is -0.981. The van der Waals surface area contributed by atoms with Crippen LogP contribution in [0.25, 0.3) is 0 Å². The number of benzene rings is 1. The molecule has 1 atom stereocenters. The Morgan fingerprint density at radius 2 is 2.21 bits per heavy atom. The molecular formula is C10H8O4. The minimum Gasteiger partial charge on any atom is -0.507 e. The van der Waals surface area contributed by atoms with E-state index in [0.29, 0.717) is 5.56 Å². The maximum Gasteiger partial charge on any atom is 0.321 e.